The van der Waals surface area contributed by atoms with E-state index in [0.717, 1.165) is 83.5 Å². The molecule has 0 saturated heterocycles. The van der Waals surface area contributed by atoms with Crippen molar-refractivity contribution in [2.24, 2.45) is 0 Å². The van der Waals surface area contributed by atoms with Crippen LogP contribution in [0.5, 0.6) is 0 Å². The molecule has 0 aromatic rings. The largest absolute Gasteiger partial charge is 0.462 e. The highest BCUT2D eigenvalue weighted by Crippen LogP contribution is 2.19. The van der Waals surface area contributed by atoms with Gasteiger partial charge in [-0.1, -0.05) is 363 Å². The van der Waals surface area contributed by atoms with E-state index < -0.39 is 6.10 Å². The third kappa shape index (κ3) is 67.7. The van der Waals surface area contributed by atoms with E-state index in [4.69, 9.17) is 9.47 Å². The molecule has 0 spiro atoms. The van der Waals surface area contributed by atoms with E-state index in [1.807, 2.05) is 0 Å². The number of hydrogen-bond acceptors (Lipinski definition) is 5. The lowest BCUT2D eigenvalue weighted by atomic mass is 10.0. The Bertz CT molecular complexity index is 1390. The van der Waals surface area contributed by atoms with Crippen LogP contribution in [0.3, 0.4) is 0 Å². The van der Waals surface area contributed by atoms with E-state index in [-0.39, 0.29) is 25.2 Å². The maximum atomic E-state index is 12.3. The lowest BCUT2D eigenvalue weighted by Crippen LogP contribution is -2.28. The third-order valence-electron chi connectivity index (χ3n) is 15.8. The predicted molar refractivity (Wildman–Crippen MR) is 348 cm³/mol. The number of esters is 2. The maximum Gasteiger partial charge on any atom is 0.306 e. The molecule has 0 aliphatic carbocycles. The topological polar surface area (TPSA) is 72.8 Å². The van der Waals surface area contributed by atoms with Gasteiger partial charge in [-0.3, -0.25) is 9.59 Å². The van der Waals surface area contributed by atoms with Crippen LogP contribution in [0.1, 0.15) is 367 Å². The van der Waals surface area contributed by atoms with Crippen molar-refractivity contribution in [1.29, 1.82) is 0 Å². The van der Waals surface area contributed by atoms with Gasteiger partial charge in [0.05, 0.1) is 6.61 Å². The molecular weight excluding hydrogens is 969 g/mol. The first-order valence-corrected chi connectivity index (χ1v) is 35.0. The number of unbranched alkanes of at least 4 members (excludes halogenated alkanes) is 45. The summed E-state index contributed by atoms with van der Waals surface area (Å²) in [5, 5.41) is 9.69. The van der Waals surface area contributed by atoms with Gasteiger partial charge in [0.15, 0.2) is 6.10 Å². The summed E-state index contributed by atoms with van der Waals surface area (Å²) >= 11 is 0. The van der Waals surface area contributed by atoms with Gasteiger partial charge in [0.25, 0.3) is 0 Å². The average Bonchev–Trinajstić information content (AvgIpc) is 3.45. The summed E-state index contributed by atoms with van der Waals surface area (Å²) in [5.74, 6) is -0.595. The van der Waals surface area contributed by atoms with E-state index in [9.17, 15) is 14.7 Å². The number of aliphatic hydroxyl groups is 1. The summed E-state index contributed by atoms with van der Waals surface area (Å²) in [7, 11) is 0. The Balaban J connectivity index is 3.41. The SMILES string of the molecule is CC/C=C\C/C=C\C/C=C\C/C=C\C/C=C\C/C=C\CCCCCCCCC(=O)OC(CO)COC(=O)CCCCCCCCCCCCCCCCCCCCCCCCCCCCCCCCCCCCCCCCCC. The summed E-state index contributed by atoms with van der Waals surface area (Å²) in [4.78, 5) is 24.6. The van der Waals surface area contributed by atoms with Crippen LogP contribution < -0.4 is 0 Å². The van der Waals surface area contributed by atoms with Gasteiger partial charge in [0.2, 0.25) is 0 Å². The molecule has 0 rings (SSSR count). The number of hydrogen-bond donors (Lipinski definition) is 1. The van der Waals surface area contributed by atoms with E-state index in [1.165, 1.54) is 257 Å². The predicted octanol–water partition coefficient (Wildman–Crippen LogP) is 24.3. The fraction of sp³-hybridized carbons (Fsp3) is 0.811. The minimum absolute atomic E-state index is 0.0718. The lowest BCUT2D eigenvalue weighted by molar-refractivity contribution is -0.161. The molecule has 5 nitrogen and oxygen atoms in total. The van der Waals surface area contributed by atoms with E-state index in [0.29, 0.717) is 12.8 Å². The van der Waals surface area contributed by atoms with Crippen molar-refractivity contribution < 1.29 is 24.2 Å². The molecule has 1 unspecified atom stereocenters. The fourth-order valence-electron chi connectivity index (χ4n) is 10.6. The molecule has 0 aliphatic heterocycles. The second-order valence-electron chi connectivity index (χ2n) is 23.6. The van der Waals surface area contributed by atoms with Crippen LogP contribution in [-0.2, 0) is 19.1 Å². The zero-order valence-electron chi connectivity index (χ0n) is 52.9. The summed E-state index contributed by atoms with van der Waals surface area (Å²) in [6, 6.07) is 0. The Hall–Kier alpha value is -2.66. The fourth-order valence-corrected chi connectivity index (χ4v) is 10.6. The minimum Gasteiger partial charge on any atom is -0.462 e. The molecule has 0 fully saturated rings. The van der Waals surface area contributed by atoms with Gasteiger partial charge < -0.3 is 14.6 Å². The molecule has 460 valence electrons. The van der Waals surface area contributed by atoms with Crippen molar-refractivity contribution in [3.63, 3.8) is 0 Å². The Labute approximate surface area is 493 Å². The van der Waals surface area contributed by atoms with Gasteiger partial charge in [-0.25, -0.2) is 0 Å². The minimum atomic E-state index is -0.784. The number of carbonyl (C=O) groups excluding carboxylic acids is 2. The summed E-state index contributed by atoms with van der Waals surface area (Å²) < 4.78 is 10.7. The molecule has 5 heteroatoms. The van der Waals surface area contributed by atoms with E-state index in [2.05, 4.69) is 86.8 Å². The van der Waals surface area contributed by atoms with E-state index in [1.54, 1.807) is 0 Å². The highest BCUT2D eigenvalue weighted by molar-refractivity contribution is 5.70. The zero-order valence-corrected chi connectivity index (χ0v) is 52.9. The monoisotopic (exact) mass is 1100 g/mol. The molecule has 0 bridgehead atoms. The lowest BCUT2D eigenvalue weighted by Gasteiger charge is -2.15. The van der Waals surface area contributed by atoms with Crippen LogP contribution in [0.4, 0.5) is 0 Å². The molecule has 0 aliphatic rings. The first-order valence-electron chi connectivity index (χ1n) is 35.0. The van der Waals surface area contributed by atoms with E-state index >= 15 is 0 Å². The summed E-state index contributed by atoms with van der Waals surface area (Å²) in [5.41, 5.74) is 0. The molecular formula is C74H134O5. The van der Waals surface area contributed by atoms with Crippen molar-refractivity contribution in [3.8, 4) is 0 Å². The van der Waals surface area contributed by atoms with Crippen molar-refractivity contribution in [1.82, 2.24) is 0 Å². The van der Waals surface area contributed by atoms with Crippen LogP contribution in [0.2, 0.25) is 0 Å². The molecule has 0 saturated carbocycles. The molecule has 0 amide bonds. The summed E-state index contributed by atoms with van der Waals surface area (Å²) in [6.45, 7) is 4.06. The molecule has 79 heavy (non-hydrogen) atoms. The Morgan fingerprint density at radius 2 is 0.544 bits per heavy atom. The van der Waals surface area contributed by atoms with Crippen molar-refractivity contribution in [2.75, 3.05) is 13.2 Å². The molecule has 0 radical (unpaired) electrons. The molecule has 0 aromatic heterocycles. The molecule has 0 aromatic carbocycles. The molecule has 0 heterocycles. The first-order chi connectivity index (χ1) is 39.1. The highest BCUT2D eigenvalue weighted by atomic mass is 16.6. The van der Waals surface area contributed by atoms with Crippen LogP contribution in [-0.4, -0.2) is 36.4 Å². The van der Waals surface area contributed by atoms with Crippen LogP contribution in [0, 0.1) is 0 Å². The molecule has 1 N–H and O–H groups in total. The standard InChI is InChI=1S/C74H134O5/c1-3-5-7-9-11-13-15-17-19-21-23-25-27-29-30-31-32-33-34-35-36-37-38-39-40-41-42-43-45-46-48-50-52-54-56-58-60-62-64-66-68-73(76)78-71-72(70-75)79-74(77)69-67-65-63-61-59-57-55-53-51-49-47-44-28-26-24-22-20-18-16-14-12-10-8-6-4-2/h6,8,12,14,18,20,24,26,44,47,51,53,72,75H,3-5,7,9-11,13,15-17,19,21-23,25,27-43,45-46,48-50,52,54-71H2,1-2H3/b8-6-,14-12-,20-18-,26-24-,47-44-,53-51-. The Kier molecular flexibility index (Phi) is 67.3. The summed E-state index contributed by atoms with van der Waals surface area (Å²) in [6.07, 6.45) is 96.7. The van der Waals surface area contributed by atoms with Crippen LogP contribution >= 0.6 is 0 Å². The Morgan fingerprint density at radius 1 is 0.304 bits per heavy atom. The van der Waals surface area contributed by atoms with Crippen molar-refractivity contribution in [3.05, 3.63) is 72.9 Å². The second kappa shape index (κ2) is 69.6. The quantitative estimate of drug-likeness (QED) is 0.0373. The number of allylic oxidation sites excluding steroid dienone is 12. The normalized spacial score (nSPS) is 12.6. The van der Waals surface area contributed by atoms with Gasteiger partial charge in [-0.2, -0.15) is 0 Å². The Morgan fingerprint density at radius 3 is 0.823 bits per heavy atom. The smallest absolute Gasteiger partial charge is 0.306 e. The number of rotatable bonds is 65. The van der Waals surface area contributed by atoms with Gasteiger partial charge >= 0.3 is 11.9 Å². The third-order valence-corrected chi connectivity index (χ3v) is 15.8. The van der Waals surface area contributed by atoms with Gasteiger partial charge in [-0.05, 0) is 64.2 Å². The average molecular weight is 1100 g/mol. The van der Waals surface area contributed by atoms with Gasteiger partial charge in [-0.15, -0.1) is 0 Å². The van der Waals surface area contributed by atoms with Crippen molar-refractivity contribution in [2.45, 2.75) is 373 Å². The van der Waals surface area contributed by atoms with Crippen LogP contribution in [0.25, 0.3) is 0 Å². The van der Waals surface area contributed by atoms with Crippen LogP contribution in [0.15, 0.2) is 72.9 Å². The second-order valence-corrected chi connectivity index (χ2v) is 23.6. The number of aliphatic hydroxyl groups excluding tert-OH is 1. The number of carbonyl (C=O) groups is 2. The number of ether oxygens (including phenoxy) is 2. The maximum absolute atomic E-state index is 12.3. The molecule has 1 atom stereocenters. The highest BCUT2D eigenvalue weighted by Gasteiger charge is 2.16. The van der Waals surface area contributed by atoms with Crippen molar-refractivity contribution >= 4 is 11.9 Å². The van der Waals surface area contributed by atoms with Gasteiger partial charge in [0.1, 0.15) is 6.61 Å². The van der Waals surface area contributed by atoms with Gasteiger partial charge in [0, 0.05) is 12.8 Å². The first kappa shape index (κ1) is 76.3. The zero-order chi connectivity index (χ0) is 56.9.